The highest BCUT2D eigenvalue weighted by atomic mass is 79.9. The van der Waals surface area contributed by atoms with Crippen LogP contribution in [-0.2, 0) is 13.0 Å². The van der Waals surface area contributed by atoms with E-state index in [1.807, 2.05) is 9.99 Å². The summed E-state index contributed by atoms with van der Waals surface area (Å²) in [6, 6.07) is 1.86. The Morgan fingerprint density at radius 3 is 2.83 bits per heavy atom. The van der Waals surface area contributed by atoms with Crippen molar-refractivity contribution in [2.24, 2.45) is 0 Å². The number of alkyl halides is 2. The summed E-state index contributed by atoms with van der Waals surface area (Å²) in [6.45, 7) is 0.778. The Morgan fingerprint density at radius 1 is 1.44 bits per heavy atom. The van der Waals surface area contributed by atoms with Gasteiger partial charge < -0.3 is 4.90 Å². The van der Waals surface area contributed by atoms with Crippen LogP contribution < -0.4 is 0 Å². The number of carbonyl (C=O) groups excluding carboxylic acids is 1. The van der Waals surface area contributed by atoms with E-state index in [0.29, 0.717) is 4.88 Å². The summed E-state index contributed by atoms with van der Waals surface area (Å²) in [5.41, 5.74) is 1.17. The number of rotatable bonds is 1. The third-order valence-corrected chi connectivity index (χ3v) is 4.93. The number of amides is 1. The number of likely N-dealkylation sites (tertiary alicyclic amines) is 1. The van der Waals surface area contributed by atoms with Crippen molar-refractivity contribution >= 4 is 33.4 Å². The fourth-order valence-corrected chi connectivity index (χ4v) is 4.00. The molecule has 2 aliphatic rings. The Bertz CT molecular complexity index is 497. The van der Waals surface area contributed by atoms with Gasteiger partial charge in [-0.3, -0.25) is 4.79 Å². The second kappa shape index (κ2) is 4.25. The van der Waals surface area contributed by atoms with Gasteiger partial charge in [0.1, 0.15) is 0 Å². The fraction of sp³-hybridized carbons (Fsp3) is 0.545. The smallest absolute Gasteiger partial charge is 0.282 e. The van der Waals surface area contributed by atoms with Crippen LogP contribution >= 0.6 is 27.5 Å². The van der Waals surface area contributed by atoms with Crippen LogP contribution in [0.15, 0.2) is 6.07 Å². The maximum atomic E-state index is 12.7. The average molecular weight is 337 g/mol. The van der Waals surface area contributed by atoms with Crippen molar-refractivity contribution in [1.29, 1.82) is 0 Å². The lowest BCUT2D eigenvalue weighted by atomic mass is 10.1. The van der Waals surface area contributed by atoms with Crippen molar-refractivity contribution in [2.45, 2.75) is 18.9 Å². The molecule has 0 saturated carbocycles. The highest BCUT2D eigenvalue weighted by molar-refractivity contribution is 9.07. The molecule has 18 heavy (non-hydrogen) atoms. The molecule has 7 heteroatoms. The highest BCUT2D eigenvalue weighted by Gasteiger charge is 2.46. The van der Waals surface area contributed by atoms with E-state index in [0.717, 1.165) is 24.4 Å². The van der Waals surface area contributed by atoms with Gasteiger partial charge in [0.15, 0.2) is 0 Å². The SMILES string of the molecule is O=C(c1cc2c(s1)CN(Br)CC2)N1CC(F)(F)C1. The van der Waals surface area contributed by atoms with Gasteiger partial charge >= 0.3 is 0 Å². The van der Waals surface area contributed by atoms with Crippen molar-refractivity contribution < 1.29 is 13.6 Å². The Morgan fingerprint density at radius 2 is 2.17 bits per heavy atom. The lowest BCUT2D eigenvalue weighted by molar-refractivity contribution is -0.112. The zero-order chi connectivity index (χ0) is 12.9. The number of fused-ring (bicyclic) bond motifs is 1. The third kappa shape index (κ3) is 2.19. The van der Waals surface area contributed by atoms with Crippen LogP contribution in [-0.4, -0.2) is 40.3 Å². The molecule has 0 radical (unpaired) electrons. The number of carbonyl (C=O) groups is 1. The van der Waals surface area contributed by atoms with Crippen LogP contribution in [0.5, 0.6) is 0 Å². The molecular formula is C11H11BrF2N2OS. The lowest BCUT2D eigenvalue weighted by Crippen LogP contribution is -2.58. The van der Waals surface area contributed by atoms with Crippen molar-refractivity contribution in [3.63, 3.8) is 0 Å². The molecule has 0 aromatic carbocycles. The molecule has 1 aromatic rings. The number of hydrogen-bond donors (Lipinski definition) is 0. The molecule has 0 unspecified atom stereocenters. The molecule has 0 spiro atoms. The molecule has 1 aromatic heterocycles. The molecule has 3 rings (SSSR count). The summed E-state index contributed by atoms with van der Waals surface area (Å²) in [4.78, 5) is 14.9. The largest absolute Gasteiger partial charge is 0.326 e. The average Bonchev–Trinajstić information content (AvgIpc) is 2.67. The van der Waals surface area contributed by atoms with Gasteiger partial charge in [0, 0.05) is 34.1 Å². The predicted molar refractivity (Wildman–Crippen MR) is 68.2 cm³/mol. The number of nitrogens with zero attached hydrogens (tertiary/aromatic N) is 2. The molecule has 0 N–H and O–H groups in total. The molecule has 1 amide bonds. The van der Waals surface area contributed by atoms with E-state index in [1.165, 1.54) is 21.8 Å². The van der Waals surface area contributed by atoms with Crippen LogP contribution in [0.2, 0.25) is 0 Å². The summed E-state index contributed by atoms with van der Waals surface area (Å²) < 4.78 is 27.5. The fourth-order valence-electron chi connectivity index (χ4n) is 2.21. The zero-order valence-corrected chi connectivity index (χ0v) is 11.9. The van der Waals surface area contributed by atoms with Gasteiger partial charge in [-0.15, -0.1) is 11.3 Å². The molecule has 98 valence electrons. The van der Waals surface area contributed by atoms with Gasteiger partial charge in [-0.25, -0.2) is 12.7 Å². The first kappa shape index (κ1) is 12.5. The van der Waals surface area contributed by atoms with E-state index >= 15 is 0 Å². The molecular weight excluding hydrogens is 326 g/mol. The molecule has 0 aliphatic carbocycles. The molecule has 0 atom stereocenters. The van der Waals surface area contributed by atoms with Crippen molar-refractivity contribution in [1.82, 2.24) is 8.83 Å². The topological polar surface area (TPSA) is 23.6 Å². The molecule has 1 fully saturated rings. The first-order valence-corrected chi connectivity index (χ1v) is 7.17. The van der Waals surface area contributed by atoms with Gasteiger partial charge in [-0.1, -0.05) is 0 Å². The summed E-state index contributed by atoms with van der Waals surface area (Å²) in [6.07, 6.45) is 0.889. The quantitative estimate of drug-likeness (QED) is 0.736. The summed E-state index contributed by atoms with van der Waals surface area (Å²) in [5.74, 6) is -2.96. The third-order valence-electron chi connectivity index (χ3n) is 3.18. The molecule has 3 nitrogen and oxygen atoms in total. The normalized spacial score (nSPS) is 22.5. The summed E-state index contributed by atoms with van der Waals surface area (Å²) in [5, 5.41) is 0. The Balaban J connectivity index is 1.76. The monoisotopic (exact) mass is 336 g/mol. The molecule has 1 saturated heterocycles. The Kier molecular flexibility index (Phi) is 2.95. The van der Waals surface area contributed by atoms with Crippen LogP contribution in [0.25, 0.3) is 0 Å². The standard InChI is InChI=1S/C11H11BrF2N2OS/c12-16-2-1-7-3-8(18-9(7)4-16)10(17)15-5-11(13,14)6-15/h3H,1-2,4-6H2. The van der Waals surface area contributed by atoms with Crippen LogP contribution in [0.4, 0.5) is 8.78 Å². The van der Waals surface area contributed by atoms with E-state index in [4.69, 9.17) is 0 Å². The van der Waals surface area contributed by atoms with E-state index in [9.17, 15) is 13.6 Å². The minimum absolute atomic E-state index is 0.263. The van der Waals surface area contributed by atoms with E-state index < -0.39 is 19.0 Å². The first-order valence-electron chi connectivity index (χ1n) is 5.64. The van der Waals surface area contributed by atoms with Crippen molar-refractivity contribution in [2.75, 3.05) is 19.6 Å². The minimum Gasteiger partial charge on any atom is -0.326 e. The van der Waals surface area contributed by atoms with Crippen molar-refractivity contribution in [3.8, 4) is 0 Å². The van der Waals surface area contributed by atoms with Crippen LogP contribution in [0, 0.1) is 0 Å². The van der Waals surface area contributed by atoms with E-state index in [-0.39, 0.29) is 5.91 Å². The minimum atomic E-state index is -2.70. The maximum absolute atomic E-state index is 12.7. The lowest BCUT2D eigenvalue weighted by Gasteiger charge is -2.38. The number of halogens is 3. The first-order chi connectivity index (χ1) is 8.44. The Hall–Kier alpha value is -0.530. The van der Waals surface area contributed by atoms with Gasteiger partial charge in [0.05, 0.1) is 18.0 Å². The second-order valence-corrected chi connectivity index (χ2v) is 6.81. The molecule has 0 bridgehead atoms. The van der Waals surface area contributed by atoms with Crippen molar-refractivity contribution in [3.05, 3.63) is 21.4 Å². The van der Waals surface area contributed by atoms with Gasteiger partial charge in [-0.2, -0.15) is 0 Å². The maximum Gasteiger partial charge on any atom is 0.282 e. The van der Waals surface area contributed by atoms with Gasteiger partial charge in [-0.05, 0) is 18.1 Å². The zero-order valence-electron chi connectivity index (χ0n) is 9.46. The second-order valence-electron chi connectivity index (χ2n) is 4.67. The number of thiophene rings is 1. The highest BCUT2D eigenvalue weighted by Crippen LogP contribution is 2.33. The van der Waals surface area contributed by atoms with Crippen LogP contribution in [0.3, 0.4) is 0 Å². The Labute approximate surface area is 116 Å². The van der Waals surface area contributed by atoms with E-state index in [2.05, 4.69) is 16.1 Å². The van der Waals surface area contributed by atoms with Gasteiger partial charge in [0.25, 0.3) is 11.8 Å². The van der Waals surface area contributed by atoms with E-state index in [1.54, 1.807) is 0 Å². The van der Waals surface area contributed by atoms with Crippen LogP contribution in [0.1, 0.15) is 20.1 Å². The summed E-state index contributed by atoms with van der Waals surface area (Å²) >= 11 is 4.84. The molecule has 2 aliphatic heterocycles. The predicted octanol–water partition coefficient (Wildman–Crippen LogP) is 2.51. The van der Waals surface area contributed by atoms with Gasteiger partial charge in [0.2, 0.25) is 0 Å². The summed E-state index contributed by atoms with van der Waals surface area (Å²) in [7, 11) is 0. The number of hydrogen-bond acceptors (Lipinski definition) is 3. The molecule has 3 heterocycles.